The van der Waals surface area contributed by atoms with Crippen LogP contribution in [0.5, 0.6) is 0 Å². The normalized spacial score (nSPS) is 16.9. The molecular formula is C14H16N2O4. The number of ether oxygens (including phenoxy) is 1. The van der Waals surface area contributed by atoms with Gasteiger partial charge < -0.3 is 14.7 Å². The second-order valence-corrected chi connectivity index (χ2v) is 4.95. The molecule has 0 aliphatic carbocycles. The highest BCUT2D eigenvalue weighted by Crippen LogP contribution is 2.24. The molecule has 0 saturated carbocycles. The Morgan fingerprint density at radius 2 is 2.30 bits per heavy atom. The summed E-state index contributed by atoms with van der Waals surface area (Å²) >= 11 is 0. The van der Waals surface area contributed by atoms with Crippen LogP contribution in [0.1, 0.15) is 12.5 Å². The predicted molar refractivity (Wildman–Crippen MR) is 71.8 cm³/mol. The number of rotatable bonds is 5. The summed E-state index contributed by atoms with van der Waals surface area (Å²) < 4.78 is 5.24. The maximum absolute atomic E-state index is 11.9. The molecule has 1 aliphatic rings. The first kappa shape index (κ1) is 14.2. The van der Waals surface area contributed by atoms with E-state index in [0.29, 0.717) is 13.1 Å². The lowest BCUT2D eigenvalue weighted by Crippen LogP contribution is -2.63. The van der Waals surface area contributed by atoms with Crippen molar-refractivity contribution >= 4 is 18.0 Å². The Balaban J connectivity index is 1.82. The average molecular weight is 276 g/mol. The van der Waals surface area contributed by atoms with Gasteiger partial charge in [-0.3, -0.25) is 9.78 Å². The molecule has 1 amide bonds. The number of hydrogen-bond donors (Lipinski definition) is 1. The number of carbonyl (C=O) groups is 2. The molecule has 1 fully saturated rings. The number of carboxylic acids is 1. The zero-order chi connectivity index (χ0) is 14.6. The fourth-order valence-corrected chi connectivity index (χ4v) is 1.99. The van der Waals surface area contributed by atoms with Crippen molar-refractivity contribution in [1.82, 2.24) is 9.88 Å². The molecule has 106 valence electrons. The van der Waals surface area contributed by atoms with E-state index in [1.165, 1.54) is 6.08 Å². The molecule has 0 atom stereocenters. The minimum Gasteiger partial charge on any atom is -0.480 e. The molecule has 1 saturated heterocycles. The summed E-state index contributed by atoms with van der Waals surface area (Å²) in [7, 11) is 0. The van der Waals surface area contributed by atoms with Crippen LogP contribution in [0.3, 0.4) is 0 Å². The number of pyridine rings is 1. The van der Waals surface area contributed by atoms with Crippen molar-refractivity contribution < 1.29 is 19.4 Å². The van der Waals surface area contributed by atoms with Crippen molar-refractivity contribution in [1.29, 1.82) is 0 Å². The molecule has 6 heteroatoms. The third-order valence-electron chi connectivity index (χ3n) is 3.01. The van der Waals surface area contributed by atoms with Crippen molar-refractivity contribution in [2.45, 2.75) is 12.5 Å². The molecule has 1 aliphatic heterocycles. The lowest BCUT2D eigenvalue weighted by molar-refractivity contribution is -0.170. The van der Waals surface area contributed by atoms with E-state index in [-0.39, 0.29) is 12.5 Å². The number of likely N-dealkylation sites (tertiary alicyclic amines) is 1. The first-order valence-corrected chi connectivity index (χ1v) is 6.21. The monoisotopic (exact) mass is 276 g/mol. The lowest BCUT2D eigenvalue weighted by atomic mass is 9.96. The van der Waals surface area contributed by atoms with Gasteiger partial charge in [-0.05, 0) is 24.6 Å². The number of amides is 1. The fourth-order valence-electron chi connectivity index (χ4n) is 1.99. The van der Waals surface area contributed by atoms with Gasteiger partial charge in [0.05, 0.1) is 13.1 Å². The highest BCUT2D eigenvalue weighted by molar-refractivity contribution is 5.92. The lowest BCUT2D eigenvalue weighted by Gasteiger charge is -2.46. The minimum absolute atomic E-state index is 0.120. The Kier molecular flexibility index (Phi) is 4.14. The predicted octanol–water partition coefficient (Wildman–Crippen LogP) is 0.797. The molecule has 0 radical (unpaired) electrons. The maximum atomic E-state index is 11.9. The Morgan fingerprint density at radius 3 is 2.90 bits per heavy atom. The highest BCUT2D eigenvalue weighted by Gasteiger charge is 2.42. The number of hydrogen-bond acceptors (Lipinski definition) is 4. The molecule has 1 aromatic heterocycles. The van der Waals surface area contributed by atoms with Gasteiger partial charge in [0, 0.05) is 18.5 Å². The molecule has 1 aromatic rings. The first-order chi connectivity index (χ1) is 9.48. The van der Waals surface area contributed by atoms with Gasteiger partial charge in [-0.25, -0.2) is 4.79 Å². The number of nitrogens with zero attached hydrogens (tertiary/aromatic N) is 2. The van der Waals surface area contributed by atoms with Crippen molar-refractivity contribution in [3.63, 3.8) is 0 Å². The summed E-state index contributed by atoms with van der Waals surface area (Å²) in [5.41, 5.74) is 0.294. The third kappa shape index (κ3) is 3.64. The Hall–Kier alpha value is -2.21. The van der Waals surface area contributed by atoms with Crippen LogP contribution in [-0.4, -0.2) is 52.2 Å². The van der Waals surface area contributed by atoms with Crippen LogP contribution < -0.4 is 0 Å². The van der Waals surface area contributed by atoms with Crippen LogP contribution in [0.15, 0.2) is 30.6 Å². The molecule has 2 heterocycles. The molecule has 0 unspecified atom stereocenters. The van der Waals surface area contributed by atoms with Crippen LogP contribution in [0.2, 0.25) is 0 Å². The van der Waals surface area contributed by atoms with E-state index in [2.05, 4.69) is 4.98 Å². The van der Waals surface area contributed by atoms with E-state index in [1.54, 1.807) is 36.4 Å². The smallest absolute Gasteiger partial charge is 0.329 e. The number of aromatic nitrogens is 1. The van der Waals surface area contributed by atoms with Crippen molar-refractivity contribution in [3.8, 4) is 0 Å². The Bertz CT molecular complexity index is 521. The average Bonchev–Trinajstić information content (AvgIpc) is 2.40. The van der Waals surface area contributed by atoms with Crippen LogP contribution in [0.25, 0.3) is 6.08 Å². The van der Waals surface area contributed by atoms with Crippen molar-refractivity contribution in [2.75, 3.05) is 19.7 Å². The van der Waals surface area contributed by atoms with Gasteiger partial charge in [0.2, 0.25) is 5.91 Å². The first-order valence-electron chi connectivity index (χ1n) is 6.21. The number of carbonyl (C=O) groups excluding carboxylic acids is 1. The zero-order valence-corrected chi connectivity index (χ0v) is 11.2. The fraction of sp³-hybridized carbons (Fsp3) is 0.357. The molecule has 0 spiro atoms. The standard InChI is InChI=1S/C14H16N2O4/c1-14(20-8-13(18)19)9-16(10-14)12(17)5-4-11-3-2-6-15-7-11/h2-7H,8-10H2,1H3,(H,18,19)/b5-4+. The van der Waals surface area contributed by atoms with Crippen LogP contribution >= 0.6 is 0 Å². The van der Waals surface area contributed by atoms with Gasteiger partial charge in [-0.1, -0.05) is 6.07 Å². The zero-order valence-electron chi connectivity index (χ0n) is 11.2. The number of carboxylic acid groups (broad SMARTS) is 1. The van der Waals surface area contributed by atoms with Crippen LogP contribution in [0.4, 0.5) is 0 Å². The second-order valence-electron chi connectivity index (χ2n) is 4.95. The summed E-state index contributed by atoms with van der Waals surface area (Å²) in [6.07, 6.45) is 6.51. The number of aliphatic carboxylic acids is 1. The van der Waals surface area contributed by atoms with Crippen LogP contribution in [-0.2, 0) is 14.3 Å². The molecule has 0 bridgehead atoms. The summed E-state index contributed by atoms with van der Waals surface area (Å²) in [6.45, 7) is 2.25. The third-order valence-corrected chi connectivity index (χ3v) is 3.01. The SMILES string of the molecule is CC1(OCC(=O)O)CN(C(=O)/C=C/c2cccnc2)C1. The van der Waals surface area contributed by atoms with Crippen molar-refractivity contribution in [3.05, 3.63) is 36.2 Å². The summed E-state index contributed by atoms with van der Waals surface area (Å²) in [4.78, 5) is 27.9. The van der Waals surface area contributed by atoms with Crippen molar-refractivity contribution in [2.24, 2.45) is 0 Å². The van der Waals surface area contributed by atoms with Crippen LogP contribution in [0, 0.1) is 0 Å². The molecule has 1 N–H and O–H groups in total. The summed E-state index contributed by atoms with van der Waals surface area (Å²) in [5, 5.41) is 8.56. The molecule has 20 heavy (non-hydrogen) atoms. The topological polar surface area (TPSA) is 79.7 Å². The van der Waals surface area contributed by atoms with Gasteiger partial charge in [-0.2, -0.15) is 0 Å². The van der Waals surface area contributed by atoms with E-state index in [4.69, 9.17) is 9.84 Å². The summed E-state index contributed by atoms with van der Waals surface area (Å²) in [5.74, 6) is -1.13. The van der Waals surface area contributed by atoms with Gasteiger partial charge >= 0.3 is 5.97 Å². The van der Waals surface area contributed by atoms with E-state index in [0.717, 1.165) is 5.56 Å². The van der Waals surface area contributed by atoms with E-state index in [9.17, 15) is 9.59 Å². The molecule has 2 rings (SSSR count). The van der Waals surface area contributed by atoms with E-state index in [1.807, 2.05) is 6.07 Å². The molecule has 0 aromatic carbocycles. The second kappa shape index (κ2) is 5.83. The molecular weight excluding hydrogens is 260 g/mol. The van der Waals surface area contributed by atoms with E-state index >= 15 is 0 Å². The Labute approximate surface area is 116 Å². The van der Waals surface area contributed by atoms with Gasteiger partial charge in [0.15, 0.2) is 0 Å². The molecule has 6 nitrogen and oxygen atoms in total. The van der Waals surface area contributed by atoms with Gasteiger partial charge in [0.25, 0.3) is 0 Å². The highest BCUT2D eigenvalue weighted by atomic mass is 16.5. The largest absolute Gasteiger partial charge is 0.480 e. The maximum Gasteiger partial charge on any atom is 0.329 e. The van der Waals surface area contributed by atoms with Gasteiger partial charge in [0.1, 0.15) is 12.2 Å². The Morgan fingerprint density at radius 1 is 1.55 bits per heavy atom. The quantitative estimate of drug-likeness (QED) is 0.804. The van der Waals surface area contributed by atoms with E-state index < -0.39 is 11.6 Å². The minimum atomic E-state index is -1.01. The summed E-state index contributed by atoms with van der Waals surface area (Å²) in [6, 6.07) is 3.65. The van der Waals surface area contributed by atoms with Gasteiger partial charge in [-0.15, -0.1) is 0 Å².